The second-order valence-corrected chi connectivity index (χ2v) is 11.7. The smallest absolute Gasteiger partial charge is 0.356 e. The van der Waals surface area contributed by atoms with Crippen LogP contribution in [0.2, 0.25) is 0 Å². The number of benzene rings is 3. The van der Waals surface area contributed by atoms with Gasteiger partial charge in [-0.1, -0.05) is 83.9 Å². The van der Waals surface area contributed by atoms with E-state index in [0.717, 1.165) is 28.1 Å². The fourth-order valence-corrected chi connectivity index (χ4v) is 6.43. The van der Waals surface area contributed by atoms with Gasteiger partial charge in [0.05, 0.1) is 36.4 Å². The Labute approximate surface area is 245 Å². The minimum absolute atomic E-state index is 0.0627. The van der Waals surface area contributed by atoms with E-state index in [9.17, 15) is 18.0 Å². The van der Waals surface area contributed by atoms with E-state index in [-0.39, 0.29) is 10.5 Å². The van der Waals surface area contributed by atoms with Gasteiger partial charge in [-0.15, -0.1) is 0 Å². The molecule has 2 aliphatic rings. The summed E-state index contributed by atoms with van der Waals surface area (Å²) < 4.78 is 39.8. The Morgan fingerprint density at radius 1 is 0.762 bits per heavy atom. The van der Waals surface area contributed by atoms with Gasteiger partial charge in [0.25, 0.3) is 10.0 Å². The number of nitrogens with zero attached hydrogens (tertiary/aromatic N) is 2. The first-order valence-electron chi connectivity index (χ1n) is 13.2. The summed E-state index contributed by atoms with van der Waals surface area (Å²) in [6, 6.07) is 22.4. The normalized spacial score (nSPS) is 16.7. The van der Waals surface area contributed by atoms with Gasteiger partial charge in [0.15, 0.2) is 5.70 Å². The number of fused-ring (bicyclic) bond motifs is 1. The van der Waals surface area contributed by atoms with E-state index in [0.29, 0.717) is 17.0 Å². The highest BCUT2D eigenvalue weighted by atomic mass is 32.2. The van der Waals surface area contributed by atoms with E-state index in [1.807, 2.05) is 79.4 Å². The molecular weight excluding hydrogens is 552 g/mol. The van der Waals surface area contributed by atoms with Crippen molar-refractivity contribution in [2.45, 2.75) is 24.8 Å². The molecule has 1 unspecified atom stereocenters. The molecule has 3 aromatic carbocycles. The maximum Gasteiger partial charge on any atom is 0.356 e. The lowest BCUT2D eigenvalue weighted by atomic mass is 9.95. The third kappa shape index (κ3) is 5.14. The summed E-state index contributed by atoms with van der Waals surface area (Å²) in [5.41, 5.74) is 3.87. The molecule has 0 saturated heterocycles. The number of ether oxygens (including phenoxy) is 2. The van der Waals surface area contributed by atoms with E-state index >= 15 is 0 Å². The molecule has 2 heterocycles. The van der Waals surface area contributed by atoms with Crippen molar-refractivity contribution < 1.29 is 27.5 Å². The lowest BCUT2D eigenvalue weighted by Gasteiger charge is -2.37. The average molecular weight is 583 g/mol. The van der Waals surface area contributed by atoms with Crippen LogP contribution in [0.15, 0.2) is 119 Å². The van der Waals surface area contributed by atoms with Gasteiger partial charge in [-0.2, -0.15) is 0 Å². The standard InChI is InChI=1S/C33H30N2O6S/c1-22-16-18-26(19-17-22)42(38,39)34-21-29(24-11-6-5-7-12-24)35-27(25-13-8-10-23(2)20-25)14-9-15-28(35)30(32(36)40-3)31(34)33(37)41-4/h5-21,28H,1-4H3. The van der Waals surface area contributed by atoms with Crippen LogP contribution >= 0.6 is 0 Å². The Morgan fingerprint density at radius 3 is 2.07 bits per heavy atom. The molecule has 8 nitrogen and oxygen atoms in total. The Kier molecular flexibility index (Phi) is 7.87. The molecule has 0 aliphatic carbocycles. The van der Waals surface area contributed by atoms with Gasteiger partial charge in [0.1, 0.15) is 0 Å². The molecule has 0 fully saturated rings. The Hall–Kier alpha value is -4.89. The van der Waals surface area contributed by atoms with E-state index in [2.05, 4.69) is 0 Å². The van der Waals surface area contributed by atoms with Gasteiger partial charge in [0, 0.05) is 11.9 Å². The zero-order valence-electron chi connectivity index (χ0n) is 23.6. The molecule has 3 aromatic rings. The number of esters is 2. The van der Waals surface area contributed by atoms with Crippen LogP contribution in [0.4, 0.5) is 0 Å². The third-order valence-corrected chi connectivity index (χ3v) is 8.77. The maximum absolute atomic E-state index is 14.4. The molecular formula is C33H30N2O6S. The first-order chi connectivity index (χ1) is 20.2. The largest absolute Gasteiger partial charge is 0.466 e. The molecule has 0 amide bonds. The predicted molar refractivity (Wildman–Crippen MR) is 160 cm³/mol. The fraction of sp³-hybridized carbons (Fsp3) is 0.152. The van der Waals surface area contributed by atoms with Gasteiger partial charge < -0.3 is 14.4 Å². The van der Waals surface area contributed by atoms with Gasteiger partial charge in [-0.05, 0) is 49.2 Å². The van der Waals surface area contributed by atoms with Crippen molar-refractivity contribution >= 4 is 33.4 Å². The van der Waals surface area contributed by atoms with Gasteiger partial charge >= 0.3 is 11.9 Å². The van der Waals surface area contributed by atoms with Crippen LogP contribution in [0.3, 0.4) is 0 Å². The topological polar surface area (TPSA) is 93.2 Å². The van der Waals surface area contributed by atoms with Crippen molar-refractivity contribution in [1.82, 2.24) is 9.21 Å². The first-order valence-corrected chi connectivity index (χ1v) is 14.6. The zero-order valence-corrected chi connectivity index (χ0v) is 24.5. The number of methoxy groups -OCH3 is 2. The van der Waals surface area contributed by atoms with Crippen molar-refractivity contribution in [3.63, 3.8) is 0 Å². The number of hydrogen-bond donors (Lipinski definition) is 0. The molecule has 0 radical (unpaired) electrons. The number of carbonyl (C=O) groups is 2. The number of allylic oxidation sites excluding steroid dienone is 2. The quantitative estimate of drug-likeness (QED) is 0.370. The van der Waals surface area contributed by atoms with Crippen molar-refractivity contribution in [2.24, 2.45) is 0 Å². The van der Waals surface area contributed by atoms with Crippen molar-refractivity contribution in [2.75, 3.05) is 14.2 Å². The van der Waals surface area contributed by atoms with Gasteiger partial charge in [-0.3, -0.25) is 0 Å². The van der Waals surface area contributed by atoms with Crippen LogP contribution in [-0.4, -0.2) is 49.8 Å². The molecule has 2 aliphatic heterocycles. The highest BCUT2D eigenvalue weighted by molar-refractivity contribution is 7.89. The number of hydrogen-bond acceptors (Lipinski definition) is 7. The Balaban J connectivity index is 1.89. The van der Waals surface area contributed by atoms with Crippen molar-refractivity contribution in [3.8, 4) is 0 Å². The van der Waals surface area contributed by atoms with Crippen molar-refractivity contribution in [3.05, 3.63) is 137 Å². The lowest BCUT2D eigenvalue weighted by molar-refractivity contribution is -0.140. The molecule has 0 aromatic heterocycles. The van der Waals surface area contributed by atoms with E-state index in [4.69, 9.17) is 9.47 Å². The minimum Gasteiger partial charge on any atom is -0.466 e. The fourth-order valence-electron chi connectivity index (χ4n) is 5.07. The molecule has 0 spiro atoms. The molecule has 0 saturated carbocycles. The minimum atomic E-state index is -4.43. The van der Waals surface area contributed by atoms with Crippen LogP contribution in [-0.2, 0) is 29.1 Å². The molecule has 5 rings (SSSR count). The highest BCUT2D eigenvalue weighted by Gasteiger charge is 2.44. The summed E-state index contributed by atoms with van der Waals surface area (Å²) in [4.78, 5) is 28.9. The number of aryl methyl sites for hydroxylation is 2. The van der Waals surface area contributed by atoms with Crippen LogP contribution < -0.4 is 0 Å². The molecule has 9 heteroatoms. The van der Waals surface area contributed by atoms with E-state index in [1.165, 1.54) is 25.4 Å². The number of sulfonamides is 1. The zero-order chi connectivity index (χ0) is 30.0. The summed E-state index contributed by atoms with van der Waals surface area (Å²) in [7, 11) is -2.11. The molecule has 0 N–H and O–H groups in total. The first kappa shape index (κ1) is 28.6. The number of carbonyl (C=O) groups excluding carboxylic acids is 2. The number of rotatable bonds is 6. The second kappa shape index (κ2) is 11.5. The lowest BCUT2D eigenvalue weighted by Crippen LogP contribution is -2.38. The average Bonchev–Trinajstić information content (AvgIpc) is 3.16. The van der Waals surface area contributed by atoms with Gasteiger partial charge in [0.2, 0.25) is 0 Å². The van der Waals surface area contributed by atoms with Crippen molar-refractivity contribution in [1.29, 1.82) is 0 Å². The summed E-state index contributed by atoms with van der Waals surface area (Å²) in [6.45, 7) is 3.82. The molecule has 214 valence electrons. The van der Waals surface area contributed by atoms with Gasteiger partial charge in [-0.25, -0.2) is 22.3 Å². The molecule has 1 atom stereocenters. The summed E-state index contributed by atoms with van der Waals surface area (Å²) in [6.07, 6.45) is 6.78. The second-order valence-electron chi connectivity index (χ2n) is 9.86. The highest BCUT2D eigenvalue weighted by Crippen LogP contribution is 2.42. The Bertz CT molecular complexity index is 1770. The summed E-state index contributed by atoms with van der Waals surface area (Å²) in [5, 5.41) is 0. The SMILES string of the molecule is COC(=O)C1=C(C(=O)OC)N(S(=O)(=O)c2ccc(C)cc2)C=C(c2ccccc2)N2C(c3cccc(C)c3)=CC=CC12. The van der Waals surface area contributed by atoms with Crippen LogP contribution in [0.5, 0.6) is 0 Å². The molecule has 0 bridgehead atoms. The van der Waals surface area contributed by atoms with Crippen LogP contribution in [0.25, 0.3) is 11.4 Å². The van der Waals surface area contributed by atoms with E-state index in [1.54, 1.807) is 24.3 Å². The maximum atomic E-state index is 14.4. The Morgan fingerprint density at radius 2 is 1.43 bits per heavy atom. The molecule has 42 heavy (non-hydrogen) atoms. The summed E-state index contributed by atoms with van der Waals surface area (Å²) >= 11 is 0. The monoisotopic (exact) mass is 582 g/mol. The van der Waals surface area contributed by atoms with Crippen LogP contribution in [0.1, 0.15) is 22.3 Å². The summed E-state index contributed by atoms with van der Waals surface area (Å²) in [5.74, 6) is -1.87. The predicted octanol–water partition coefficient (Wildman–Crippen LogP) is 5.19. The van der Waals surface area contributed by atoms with Crippen LogP contribution in [0, 0.1) is 13.8 Å². The third-order valence-electron chi connectivity index (χ3n) is 7.10. The van der Waals surface area contributed by atoms with E-state index < -0.39 is 33.7 Å².